The lowest BCUT2D eigenvalue weighted by atomic mass is 9.96. The van der Waals surface area contributed by atoms with Gasteiger partial charge in [-0.3, -0.25) is 9.59 Å². The summed E-state index contributed by atoms with van der Waals surface area (Å²) in [6.07, 6.45) is 0.609. The lowest BCUT2D eigenvalue weighted by molar-refractivity contribution is -0.139. The summed E-state index contributed by atoms with van der Waals surface area (Å²) in [7, 11) is 0. The molecule has 0 spiro atoms. The summed E-state index contributed by atoms with van der Waals surface area (Å²) in [6.45, 7) is 2.18. The number of carbonyl (C=O) groups excluding carboxylic acids is 1. The van der Waals surface area contributed by atoms with E-state index >= 15 is 0 Å². The van der Waals surface area contributed by atoms with Crippen LogP contribution in [0.15, 0.2) is 24.3 Å². The van der Waals surface area contributed by atoms with Crippen LogP contribution in [0.2, 0.25) is 5.02 Å². The van der Waals surface area contributed by atoms with E-state index in [0.29, 0.717) is 23.7 Å². The maximum absolute atomic E-state index is 11.8. The highest BCUT2D eigenvalue weighted by atomic mass is 35.5. The summed E-state index contributed by atoms with van der Waals surface area (Å²) in [5.41, 5.74) is 0.690. The van der Waals surface area contributed by atoms with Crippen molar-refractivity contribution in [2.24, 2.45) is 5.92 Å². The first-order valence-electron chi connectivity index (χ1n) is 6.52. The zero-order valence-corrected chi connectivity index (χ0v) is 11.8. The lowest BCUT2D eigenvalue weighted by Crippen LogP contribution is -2.48. The van der Waals surface area contributed by atoms with E-state index < -0.39 is 5.97 Å². The van der Waals surface area contributed by atoms with Crippen LogP contribution >= 0.6 is 11.6 Å². The Labute approximate surface area is 122 Å². The normalized spacial score (nSPS) is 15.7. The molecule has 20 heavy (non-hydrogen) atoms. The molecule has 1 aliphatic rings. The van der Waals surface area contributed by atoms with Crippen LogP contribution in [0, 0.1) is 5.92 Å². The average molecular weight is 297 g/mol. The third-order valence-corrected chi connectivity index (χ3v) is 3.49. The van der Waals surface area contributed by atoms with Crippen molar-refractivity contribution in [3.8, 4) is 0 Å². The number of carboxylic acid groups (broad SMARTS) is 1. The van der Waals surface area contributed by atoms with E-state index in [1.807, 2.05) is 0 Å². The molecule has 2 rings (SSSR count). The second-order valence-electron chi connectivity index (χ2n) is 5.03. The standard InChI is InChI=1S/C14H17ClN2O3/c15-11-2-1-3-12(7-11)16-13(18)4-5-17-8-10(9-17)6-14(19)20/h1-3,7,10H,4-6,8-9H2,(H,16,18)(H,19,20). The monoisotopic (exact) mass is 296 g/mol. The second-order valence-corrected chi connectivity index (χ2v) is 5.47. The van der Waals surface area contributed by atoms with Gasteiger partial charge < -0.3 is 15.3 Å². The zero-order valence-electron chi connectivity index (χ0n) is 11.0. The van der Waals surface area contributed by atoms with E-state index in [9.17, 15) is 9.59 Å². The summed E-state index contributed by atoms with van der Waals surface area (Å²) < 4.78 is 0. The number of benzene rings is 1. The van der Waals surface area contributed by atoms with Gasteiger partial charge in [-0.2, -0.15) is 0 Å². The number of hydrogen-bond donors (Lipinski definition) is 2. The van der Waals surface area contributed by atoms with Crippen molar-refractivity contribution in [3.05, 3.63) is 29.3 Å². The minimum Gasteiger partial charge on any atom is -0.481 e. The molecule has 1 heterocycles. The Morgan fingerprint density at radius 1 is 1.40 bits per heavy atom. The number of nitrogens with zero attached hydrogens (tertiary/aromatic N) is 1. The van der Waals surface area contributed by atoms with Gasteiger partial charge in [0.1, 0.15) is 0 Å². The summed E-state index contributed by atoms with van der Waals surface area (Å²) in [5.74, 6) is -0.592. The highest BCUT2D eigenvalue weighted by Gasteiger charge is 2.28. The van der Waals surface area contributed by atoms with Gasteiger partial charge in [0.25, 0.3) is 0 Å². The van der Waals surface area contributed by atoms with E-state index in [4.69, 9.17) is 16.7 Å². The van der Waals surface area contributed by atoms with Crippen molar-refractivity contribution in [1.82, 2.24) is 4.90 Å². The zero-order chi connectivity index (χ0) is 14.5. The van der Waals surface area contributed by atoms with E-state index in [1.54, 1.807) is 24.3 Å². The van der Waals surface area contributed by atoms with Crippen LogP contribution in [0.4, 0.5) is 5.69 Å². The predicted octanol–water partition coefficient (Wildman–Crippen LogP) is 2.08. The first kappa shape index (κ1) is 14.8. The molecule has 0 aliphatic carbocycles. The molecule has 0 unspecified atom stereocenters. The van der Waals surface area contributed by atoms with Gasteiger partial charge in [0, 0.05) is 36.8 Å². The SMILES string of the molecule is O=C(O)CC1CN(CCC(=O)Nc2cccc(Cl)c2)C1. The Kier molecular flexibility index (Phi) is 4.98. The maximum Gasteiger partial charge on any atom is 0.303 e. The minimum atomic E-state index is -0.756. The molecule has 0 saturated carbocycles. The van der Waals surface area contributed by atoms with Crippen LogP contribution in [-0.4, -0.2) is 41.5 Å². The van der Waals surface area contributed by atoms with Gasteiger partial charge >= 0.3 is 5.97 Å². The Bertz CT molecular complexity index is 501. The molecule has 1 saturated heterocycles. The summed E-state index contributed by atoms with van der Waals surface area (Å²) >= 11 is 5.84. The minimum absolute atomic E-state index is 0.0612. The quantitative estimate of drug-likeness (QED) is 0.843. The number of likely N-dealkylation sites (tertiary alicyclic amines) is 1. The number of nitrogens with one attached hydrogen (secondary N) is 1. The van der Waals surface area contributed by atoms with Crippen LogP contribution in [0.25, 0.3) is 0 Å². The van der Waals surface area contributed by atoms with Gasteiger partial charge in [-0.1, -0.05) is 17.7 Å². The van der Waals surface area contributed by atoms with Crippen molar-refractivity contribution < 1.29 is 14.7 Å². The lowest BCUT2D eigenvalue weighted by Gasteiger charge is -2.38. The van der Waals surface area contributed by atoms with Crippen LogP contribution in [-0.2, 0) is 9.59 Å². The molecule has 1 amide bonds. The molecule has 0 atom stereocenters. The molecule has 1 aromatic carbocycles. The van der Waals surface area contributed by atoms with Crippen molar-refractivity contribution in [2.75, 3.05) is 25.0 Å². The molecule has 1 fully saturated rings. The summed E-state index contributed by atoms with van der Waals surface area (Å²) in [5, 5.41) is 12.0. The average Bonchev–Trinajstić information content (AvgIpc) is 2.31. The first-order chi connectivity index (χ1) is 9.52. The van der Waals surface area contributed by atoms with Crippen molar-refractivity contribution >= 4 is 29.2 Å². The van der Waals surface area contributed by atoms with Crippen molar-refractivity contribution in [3.63, 3.8) is 0 Å². The van der Waals surface area contributed by atoms with Crippen LogP contribution in [0.5, 0.6) is 0 Å². The number of carbonyl (C=O) groups is 2. The number of hydrogen-bond acceptors (Lipinski definition) is 3. The van der Waals surface area contributed by atoms with Crippen LogP contribution in [0.1, 0.15) is 12.8 Å². The molecule has 108 valence electrons. The van der Waals surface area contributed by atoms with E-state index in [-0.39, 0.29) is 18.2 Å². The van der Waals surface area contributed by atoms with Crippen molar-refractivity contribution in [2.45, 2.75) is 12.8 Å². The number of rotatable bonds is 6. The Balaban J connectivity index is 1.65. The molecular weight excluding hydrogens is 280 g/mol. The van der Waals surface area contributed by atoms with Gasteiger partial charge in [-0.25, -0.2) is 0 Å². The predicted molar refractivity (Wildman–Crippen MR) is 76.9 cm³/mol. The highest BCUT2D eigenvalue weighted by Crippen LogP contribution is 2.19. The third-order valence-electron chi connectivity index (χ3n) is 3.26. The molecule has 0 bridgehead atoms. The third kappa shape index (κ3) is 4.51. The van der Waals surface area contributed by atoms with Crippen LogP contribution < -0.4 is 5.32 Å². The second kappa shape index (κ2) is 6.72. The van der Waals surface area contributed by atoms with Gasteiger partial charge in [-0.05, 0) is 24.1 Å². The number of aliphatic carboxylic acids is 1. The Hall–Kier alpha value is -1.59. The van der Waals surface area contributed by atoms with Gasteiger partial charge in [0.2, 0.25) is 5.91 Å². The molecule has 0 aromatic heterocycles. The topological polar surface area (TPSA) is 69.6 Å². The Morgan fingerprint density at radius 3 is 2.80 bits per heavy atom. The largest absolute Gasteiger partial charge is 0.481 e. The molecule has 2 N–H and O–H groups in total. The summed E-state index contributed by atoms with van der Waals surface area (Å²) in [4.78, 5) is 24.4. The number of halogens is 1. The molecule has 6 heteroatoms. The van der Waals surface area contributed by atoms with E-state index in [0.717, 1.165) is 13.1 Å². The smallest absolute Gasteiger partial charge is 0.303 e. The fourth-order valence-electron chi connectivity index (χ4n) is 2.28. The van der Waals surface area contributed by atoms with Gasteiger partial charge in [0.05, 0.1) is 6.42 Å². The molecular formula is C14H17ClN2O3. The fourth-order valence-corrected chi connectivity index (χ4v) is 2.48. The number of amides is 1. The number of carboxylic acids is 1. The van der Waals surface area contributed by atoms with E-state index in [1.165, 1.54) is 0 Å². The van der Waals surface area contributed by atoms with Crippen molar-refractivity contribution in [1.29, 1.82) is 0 Å². The van der Waals surface area contributed by atoms with Gasteiger partial charge in [-0.15, -0.1) is 0 Å². The van der Waals surface area contributed by atoms with Gasteiger partial charge in [0.15, 0.2) is 0 Å². The summed E-state index contributed by atoms with van der Waals surface area (Å²) in [6, 6.07) is 7.02. The fraction of sp³-hybridized carbons (Fsp3) is 0.429. The number of anilines is 1. The first-order valence-corrected chi connectivity index (χ1v) is 6.90. The van der Waals surface area contributed by atoms with Crippen LogP contribution in [0.3, 0.4) is 0 Å². The maximum atomic E-state index is 11.8. The molecule has 1 aromatic rings. The Morgan fingerprint density at radius 2 is 2.15 bits per heavy atom. The molecule has 1 aliphatic heterocycles. The van der Waals surface area contributed by atoms with E-state index in [2.05, 4.69) is 10.2 Å². The molecule has 5 nitrogen and oxygen atoms in total. The molecule has 0 radical (unpaired) electrons. The highest BCUT2D eigenvalue weighted by molar-refractivity contribution is 6.30.